The lowest BCUT2D eigenvalue weighted by Crippen LogP contribution is -2.41. The highest BCUT2D eigenvalue weighted by Gasteiger charge is 2.29. The van der Waals surface area contributed by atoms with Gasteiger partial charge in [0.25, 0.3) is 0 Å². The molecule has 0 radical (unpaired) electrons. The van der Waals surface area contributed by atoms with Crippen LogP contribution < -0.4 is 5.32 Å². The van der Waals surface area contributed by atoms with Crippen LogP contribution in [0.25, 0.3) is 0 Å². The van der Waals surface area contributed by atoms with E-state index < -0.39 is 0 Å². The Morgan fingerprint density at radius 3 is 2.58 bits per heavy atom. The Morgan fingerprint density at radius 2 is 2.00 bits per heavy atom. The molecule has 1 nitrogen and oxygen atoms in total. The average Bonchev–Trinajstić information content (AvgIpc) is 2.86. The largest absolute Gasteiger partial charge is 0.313 e. The Balaban J connectivity index is 1.99. The SMILES string of the molecule is CCCNC(Cc1cccs1)C1CC(C)CC(C)C1. The number of hydrogen-bond donors (Lipinski definition) is 1. The molecule has 1 N–H and O–H groups in total. The maximum absolute atomic E-state index is 3.83. The molecule has 0 aliphatic heterocycles. The second-order valence-electron chi connectivity index (χ2n) is 6.52. The third-order valence-corrected chi connectivity index (χ3v) is 5.34. The van der Waals surface area contributed by atoms with Gasteiger partial charge in [0.15, 0.2) is 0 Å². The smallest absolute Gasteiger partial charge is 0.0144 e. The van der Waals surface area contributed by atoms with Crippen LogP contribution in [-0.2, 0) is 6.42 Å². The van der Waals surface area contributed by atoms with Gasteiger partial charge in [-0.2, -0.15) is 0 Å². The van der Waals surface area contributed by atoms with Gasteiger partial charge in [-0.3, -0.25) is 0 Å². The Kier molecular flexibility index (Phi) is 5.90. The number of rotatable bonds is 6. The minimum Gasteiger partial charge on any atom is -0.313 e. The zero-order chi connectivity index (χ0) is 13.7. The van der Waals surface area contributed by atoms with E-state index in [2.05, 4.69) is 43.6 Å². The molecule has 1 saturated carbocycles. The molecule has 19 heavy (non-hydrogen) atoms. The first kappa shape index (κ1) is 15.1. The topological polar surface area (TPSA) is 12.0 Å². The van der Waals surface area contributed by atoms with Crippen molar-refractivity contribution in [3.63, 3.8) is 0 Å². The summed E-state index contributed by atoms with van der Waals surface area (Å²) in [5.74, 6) is 2.68. The van der Waals surface area contributed by atoms with Crippen LogP contribution in [-0.4, -0.2) is 12.6 Å². The van der Waals surface area contributed by atoms with E-state index in [-0.39, 0.29) is 0 Å². The summed E-state index contributed by atoms with van der Waals surface area (Å²) in [4.78, 5) is 1.54. The van der Waals surface area contributed by atoms with Crippen molar-refractivity contribution in [1.29, 1.82) is 0 Å². The monoisotopic (exact) mass is 279 g/mol. The van der Waals surface area contributed by atoms with Gasteiger partial charge < -0.3 is 5.32 Å². The molecule has 1 aliphatic rings. The molecule has 0 aromatic carbocycles. The van der Waals surface area contributed by atoms with Crippen LogP contribution in [0.2, 0.25) is 0 Å². The predicted molar refractivity (Wildman–Crippen MR) is 85.8 cm³/mol. The van der Waals surface area contributed by atoms with E-state index in [1.807, 2.05) is 11.3 Å². The number of nitrogens with one attached hydrogen (secondary N) is 1. The van der Waals surface area contributed by atoms with Crippen molar-refractivity contribution in [3.8, 4) is 0 Å². The number of hydrogen-bond acceptors (Lipinski definition) is 2. The molecule has 1 aliphatic carbocycles. The molecule has 0 saturated heterocycles. The minimum absolute atomic E-state index is 0.684. The third-order valence-electron chi connectivity index (χ3n) is 4.44. The van der Waals surface area contributed by atoms with Gasteiger partial charge in [-0.15, -0.1) is 11.3 Å². The van der Waals surface area contributed by atoms with Crippen LogP contribution in [0.1, 0.15) is 51.3 Å². The predicted octanol–water partition coefficient (Wildman–Crippen LogP) is 4.73. The molecule has 1 aromatic rings. The van der Waals surface area contributed by atoms with E-state index in [0.717, 1.165) is 24.3 Å². The van der Waals surface area contributed by atoms with Gasteiger partial charge in [0.2, 0.25) is 0 Å². The van der Waals surface area contributed by atoms with Crippen molar-refractivity contribution < 1.29 is 0 Å². The molecule has 3 atom stereocenters. The van der Waals surface area contributed by atoms with E-state index in [0.29, 0.717) is 6.04 Å². The molecular weight excluding hydrogens is 250 g/mol. The summed E-state index contributed by atoms with van der Waals surface area (Å²) in [6.07, 6.45) is 6.71. The maximum Gasteiger partial charge on any atom is 0.0144 e. The lowest BCUT2D eigenvalue weighted by atomic mass is 9.73. The standard InChI is InChI=1S/C17H29NS/c1-4-7-18-17(12-16-6-5-8-19-16)15-10-13(2)9-14(3)11-15/h5-6,8,13-15,17-18H,4,7,9-12H2,1-3H3. The van der Waals surface area contributed by atoms with Gasteiger partial charge in [-0.05, 0) is 67.8 Å². The quantitative estimate of drug-likeness (QED) is 0.793. The lowest BCUT2D eigenvalue weighted by Gasteiger charge is -2.37. The van der Waals surface area contributed by atoms with E-state index in [1.54, 1.807) is 4.88 Å². The van der Waals surface area contributed by atoms with Crippen molar-refractivity contribution in [2.45, 2.75) is 58.9 Å². The van der Waals surface area contributed by atoms with Crippen molar-refractivity contribution in [2.24, 2.45) is 17.8 Å². The Labute approximate surface area is 122 Å². The fraction of sp³-hybridized carbons (Fsp3) is 0.765. The van der Waals surface area contributed by atoms with Crippen LogP contribution in [0, 0.1) is 17.8 Å². The van der Waals surface area contributed by atoms with Crippen LogP contribution in [0.15, 0.2) is 17.5 Å². The maximum atomic E-state index is 3.83. The summed E-state index contributed by atoms with van der Waals surface area (Å²) in [5.41, 5.74) is 0. The normalized spacial score (nSPS) is 29.3. The Morgan fingerprint density at radius 1 is 1.26 bits per heavy atom. The highest BCUT2D eigenvalue weighted by molar-refractivity contribution is 7.09. The zero-order valence-corrected chi connectivity index (χ0v) is 13.5. The molecule has 0 spiro atoms. The van der Waals surface area contributed by atoms with Gasteiger partial charge in [-0.25, -0.2) is 0 Å². The molecule has 0 amide bonds. The van der Waals surface area contributed by atoms with Gasteiger partial charge in [0.1, 0.15) is 0 Å². The second-order valence-corrected chi connectivity index (χ2v) is 7.55. The molecular formula is C17H29NS. The summed E-state index contributed by atoms with van der Waals surface area (Å²) >= 11 is 1.91. The van der Waals surface area contributed by atoms with Crippen molar-refractivity contribution in [3.05, 3.63) is 22.4 Å². The molecule has 2 heteroatoms. The average molecular weight is 279 g/mol. The third kappa shape index (κ3) is 4.61. The molecule has 1 heterocycles. The lowest BCUT2D eigenvalue weighted by molar-refractivity contribution is 0.175. The van der Waals surface area contributed by atoms with Crippen LogP contribution in [0.3, 0.4) is 0 Å². The van der Waals surface area contributed by atoms with Gasteiger partial charge in [-0.1, -0.05) is 26.8 Å². The highest BCUT2D eigenvalue weighted by atomic mass is 32.1. The summed E-state index contributed by atoms with van der Waals surface area (Å²) < 4.78 is 0. The van der Waals surface area contributed by atoms with Gasteiger partial charge >= 0.3 is 0 Å². The van der Waals surface area contributed by atoms with Crippen molar-refractivity contribution >= 4 is 11.3 Å². The second kappa shape index (κ2) is 7.44. The van der Waals surface area contributed by atoms with E-state index in [4.69, 9.17) is 0 Å². The van der Waals surface area contributed by atoms with Gasteiger partial charge in [0, 0.05) is 10.9 Å². The van der Waals surface area contributed by atoms with Crippen LogP contribution >= 0.6 is 11.3 Å². The summed E-state index contributed by atoms with van der Waals surface area (Å²) in [6, 6.07) is 5.16. The molecule has 0 bridgehead atoms. The van der Waals surface area contributed by atoms with E-state index in [1.165, 1.54) is 32.1 Å². The first-order valence-corrected chi connectivity index (χ1v) is 8.82. The number of thiophene rings is 1. The first-order chi connectivity index (χ1) is 9.19. The first-order valence-electron chi connectivity index (χ1n) is 7.94. The minimum atomic E-state index is 0.684. The summed E-state index contributed by atoms with van der Waals surface area (Å²) in [6.45, 7) is 8.30. The van der Waals surface area contributed by atoms with Gasteiger partial charge in [0.05, 0.1) is 0 Å². The van der Waals surface area contributed by atoms with Crippen LogP contribution in [0.4, 0.5) is 0 Å². The fourth-order valence-corrected chi connectivity index (χ4v) is 4.48. The van der Waals surface area contributed by atoms with Crippen molar-refractivity contribution in [1.82, 2.24) is 5.32 Å². The Hall–Kier alpha value is -0.340. The van der Waals surface area contributed by atoms with E-state index >= 15 is 0 Å². The summed E-state index contributed by atoms with van der Waals surface area (Å²) in [7, 11) is 0. The molecule has 1 fully saturated rings. The molecule has 2 rings (SSSR count). The fourth-order valence-electron chi connectivity index (χ4n) is 3.72. The summed E-state index contributed by atoms with van der Waals surface area (Å²) in [5, 5.41) is 6.03. The Bertz CT molecular complexity index is 336. The zero-order valence-electron chi connectivity index (χ0n) is 12.7. The molecule has 1 aromatic heterocycles. The molecule has 108 valence electrons. The van der Waals surface area contributed by atoms with Crippen LogP contribution in [0.5, 0.6) is 0 Å². The van der Waals surface area contributed by atoms with Crippen molar-refractivity contribution in [2.75, 3.05) is 6.54 Å². The van der Waals surface area contributed by atoms with E-state index in [9.17, 15) is 0 Å². The highest BCUT2D eigenvalue weighted by Crippen LogP contribution is 2.35. The molecule has 3 unspecified atom stereocenters.